The Morgan fingerprint density at radius 1 is 1.12 bits per heavy atom. The van der Waals surface area contributed by atoms with E-state index in [0.717, 1.165) is 12.1 Å². The van der Waals surface area contributed by atoms with Crippen molar-refractivity contribution in [1.82, 2.24) is 10.4 Å². The zero-order chi connectivity index (χ0) is 18.8. The van der Waals surface area contributed by atoms with E-state index in [1.807, 2.05) is 0 Å². The second-order valence-corrected chi connectivity index (χ2v) is 5.23. The number of alkyl halides is 6. The first-order valence-corrected chi connectivity index (χ1v) is 6.98. The topological polar surface area (TPSA) is 58.6 Å². The van der Waals surface area contributed by atoms with Crippen molar-refractivity contribution < 1.29 is 40.8 Å². The number of amides is 1. The number of benzene rings is 1. The lowest BCUT2D eigenvalue weighted by Crippen LogP contribution is -2.57. The molecule has 1 saturated heterocycles. The van der Waals surface area contributed by atoms with Gasteiger partial charge in [-0.05, 0) is 24.1 Å². The minimum absolute atomic E-state index is 0.0276. The number of hydrogen-bond acceptors (Lipinski definition) is 4. The summed E-state index contributed by atoms with van der Waals surface area (Å²) >= 11 is 0. The van der Waals surface area contributed by atoms with Crippen molar-refractivity contribution in [1.29, 1.82) is 0 Å². The molecule has 25 heavy (non-hydrogen) atoms. The number of nitrogens with one attached hydrogen (secondary N) is 1. The minimum atomic E-state index is -5.17. The van der Waals surface area contributed by atoms with Gasteiger partial charge in [0, 0.05) is 13.1 Å². The maximum atomic E-state index is 12.4. The maximum absolute atomic E-state index is 12.4. The molecule has 0 spiro atoms. The monoisotopic (exact) mass is 370 g/mol. The molecule has 1 heterocycles. The molecule has 0 radical (unpaired) electrons. The summed E-state index contributed by atoms with van der Waals surface area (Å²) in [7, 11) is 0. The number of halogens is 6. The van der Waals surface area contributed by atoms with Crippen LogP contribution in [-0.4, -0.2) is 35.7 Å². The van der Waals surface area contributed by atoms with Crippen LogP contribution in [0, 0.1) is 0 Å². The van der Waals surface area contributed by atoms with Crippen molar-refractivity contribution in [3.05, 3.63) is 35.4 Å². The summed E-state index contributed by atoms with van der Waals surface area (Å²) < 4.78 is 73.6. The highest BCUT2D eigenvalue weighted by molar-refractivity contribution is 5.83. The lowest BCUT2D eigenvalue weighted by atomic mass is 10.1. The van der Waals surface area contributed by atoms with Crippen LogP contribution in [0.3, 0.4) is 0 Å². The molecule has 11 heteroatoms. The zero-order valence-electron chi connectivity index (χ0n) is 12.4. The van der Waals surface area contributed by atoms with E-state index in [0.29, 0.717) is 10.6 Å². The molecule has 1 N–H and O–H groups in total. The molecule has 0 saturated carbocycles. The molecule has 0 unspecified atom stereocenters. The summed E-state index contributed by atoms with van der Waals surface area (Å²) in [5, 5.41) is 2.98. The van der Waals surface area contributed by atoms with Crippen LogP contribution in [0.5, 0.6) is 0 Å². The summed E-state index contributed by atoms with van der Waals surface area (Å²) in [5.74, 6) is -3.12. The van der Waals surface area contributed by atoms with Gasteiger partial charge >= 0.3 is 18.3 Å². The van der Waals surface area contributed by atoms with Crippen molar-refractivity contribution in [3.63, 3.8) is 0 Å². The Hall–Kier alpha value is -2.30. The van der Waals surface area contributed by atoms with Crippen LogP contribution in [0.2, 0.25) is 0 Å². The van der Waals surface area contributed by atoms with E-state index in [1.165, 1.54) is 12.1 Å². The smallest absolute Gasteiger partial charge is 0.360 e. The molecule has 138 valence electrons. The predicted octanol–water partition coefficient (Wildman–Crippen LogP) is 2.42. The third-order valence-corrected chi connectivity index (χ3v) is 3.45. The summed E-state index contributed by atoms with van der Waals surface area (Å²) in [5.41, 5.74) is -0.466. The van der Waals surface area contributed by atoms with Crippen LogP contribution in [0.4, 0.5) is 26.3 Å². The molecule has 1 aromatic rings. The molecule has 1 aliphatic heterocycles. The van der Waals surface area contributed by atoms with Crippen molar-refractivity contribution in [3.8, 4) is 0 Å². The lowest BCUT2D eigenvalue weighted by molar-refractivity contribution is -0.261. The van der Waals surface area contributed by atoms with Gasteiger partial charge in [0.05, 0.1) is 5.56 Å². The molecule has 1 atom stereocenters. The zero-order valence-corrected chi connectivity index (χ0v) is 12.4. The molecular formula is C14H12F6N2O3. The SMILES string of the molecule is O=C(NCc1ccc(C(F)(F)F)cc1)[C@H]1CCN1OC(=O)C(F)(F)F. The molecule has 1 aromatic carbocycles. The summed E-state index contributed by atoms with van der Waals surface area (Å²) in [6, 6.07) is 2.97. The van der Waals surface area contributed by atoms with E-state index in [1.54, 1.807) is 0 Å². The van der Waals surface area contributed by atoms with Gasteiger partial charge in [0.2, 0.25) is 5.91 Å². The first kappa shape index (κ1) is 19.0. The Balaban J connectivity index is 1.85. The van der Waals surface area contributed by atoms with Gasteiger partial charge in [0.25, 0.3) is 0 Å². The standard InChI is InChI=1S/C14H12F6N2O3/c15-13(16,17)9-3-1-8(2-4-9)7-21-11(23)10-5-6-22(10)25-12(24)14(18,19)20/h1-4,10H,5-7H2,(H,21,23)/t10-/m1/s1. The average molecular weight is 370 g/mol. The highest BCUT2D eigenvalue weighted by Gasteiger charge is 2.46. The lowest BCUT2D eigenvalue weighted by Gasteiger charge is -2.37. The Morgan fingerprint density at radius 3 is 2.16 bits per heavy atom. The van der Waals surface area contributed by atoms with Crippen LogP contribution < -0.4 is 5.32 Å². The summed E-state index contributed by atoms with van der Waals surface area (Å²) in [6.45, 7) is -0.144. The first-order chi connectivity index (χ1) is 11.5. The van der Waals surface area contributed by atoms with Crippen LogP contribution >= 0.6 is 0 Å². The van der Waals surface area contributed by atoms with Gasteiger partial charge in [0.1, 0.15) is 6.04 Å². The first-order valence-electron chi connectivity index (χ1n) is 6.98. The minimum Gasteiger partial charge on any atom is -0.360 e. The van der Waals surface area contributed by atoms with Crippen molar-refractivity contribution >= 4 is 11.9 Å². The van der Waals surface area contributed by atoms with Crippen LogP contribution in [0.25, 0.3) is 0 Å². The molecular weight excluding hydrogens is 358 g/mol. The molecule has 2 rings (SSSR count). The number of carbonyl (C=O) groups is 2. The molecule has 1 aliphatic rings. The van der Waals surface area contributed by atoms with E-state index in [-0.39, 0.29) is 19.5 Å². The number of rotatable bonds is 4. The number of hydroxylamine groups is 2. The van der Waals surface area contributed by atoms with Crippen molar-refractivity contribution in [2.24, 2.45) is 0 Å². The Bertz CT molecular complexity index is 641. The second kappa shape index (κ2) is 6.90. The molecule has 0 bridgehead atoms. The Kier molecular flexibility index (Phi) is 5.26. The van der Waals surface area contributed by atoms with Gasteiger partial charge in [-0.25, -0.2) is 4.79 Å². The Labute approximate surface area is 137 Å². The quantitative estimate of drug-likeness (QED) is 0.828. The normalized spacial score (nSPS) is 18.4. The fourth-order valence-electron chi connectivity index (χ4n) is 2.01. The van der Waals surface area contributed by atoms with Crippen molar-refractivity contribution in [2.75, 3.05) is 6.54 Å². The number of nitrogens with zero attached hydrogens (tertiary/aromatic N) is 1. The van der Waals surface area contributed by atoms with Crippen LogP contribution in [0.1, 0.15) is 17.5 Å². The van der Waals surface area contributed by atoms with E-state index in [2.05, 4.69) is 10.2 Å². The van der Waals surface area contributed by atoms with Gasteiger partial charge in [0.15, 0.2) is 0 Å². The van der Waals surface area contributed by atoms with Gasteiger partial charge in [-0.1, -0.05) is 12.1 Å². The van der Waals surface area contributed by atoms with E-state index >= 15 is 0 Å². The van der Waals surface area contributed by atoms with Crippen molar-refractivity contribution in [2.45, 2.75) is 31.4 Å². The maximum Gasteiger partial charge on any atom is 0.492 e. The van der Waals surface area contributed by atoms with Gasteiger partial charge in [-0.15, -0.1) is 5.06 Å². The van der Waals surface area contributed by atoms with Gasteiger partial charge < -0.3 is 10.2 Å². The van der Waals surface area contributed by atoms with E-state index < -0.39 is 35.8 Å². The largest absolute Gasteiger partial charge is 0.492 e. The summed E-state index contributed by atoms with van der Waals surface area (Å²) in [4.78, 5) is 26.7. The van der Waals surface area contributed by atoms with E-state index in [9.17, 15) is 35.9 Å². The van der Waals surface area contributed by atoms with Crippen LogP contribution in [0.15, 0.2) is 24.3 Å². The van der Waals surface area contributed by atoms with E-state index in [4.69, 9.17) is 0 Å². The Morgan fingerprint density at radius 2 is 1.72 bits per heavy atom. The second-order valence-electron chi connectivity index (χ2n) is 5.23. The van der Waals surface area contributed by atoms with Crippen LogP contribution in [-0.2, 0) is 27.1 Å². The van der Waals surface area contributed by atoms with Gasteiger partial charge in [-0.2, -0.15) is 26.3 Å². The molecule has 1 fully saturated rings. The number of carbonyl (C=O) groups excluding carboxylic acids is 2. The average Bonchev–Trinajstić information content (AvgIpc) is 2.47. The third kappa shape index (κ3) is 4.84. The predicted molar refractivity (Wildman–Crippen MR) is 70.5 cm³/mol. The highest BCUT2D eigenvalue weighted by atomic mass is 19.4. The summed E-state index contributed by atoms with van der Waals surface area (Å²) in [6.07, 6.45) is -9.46. The van der Waals surface area contributed by atoms with Gasteiger partial charge in [-0.3, -0.25) is 4.79 Å². The molecule has 5 nitrogen and oxygen atoms in total. The highest BCUT2D eigenvalue weighted by Crippen LogP contribution is 2.29. The number of hydrogen-bond donors (Lipinski definition) is 1. The third-order valence-electron chi connectivity index (χ3n) is 3.45. The fourth-order valence-corrected chi connectivity index (χ4v) is 2.01. The fraction of sp³-hybridized carbons (Fsp3) is 0.429. The molecule has 0 aliphatic carbocycles. The molecule has 0 aromatic heterocycles. The molecule has 1 amide bonds.